The van der Waals surface area contributed by atoms with Crippen LogP contribution in [0.1, 0.15) is 31.0 Å². The lowest BCUT2D eigenvalue weighted by Gasteiger charge is -2.25. The Kier molecular flexibility index (Phi) is 12.1. The van der Waals surface area contributed by atoms with Gasteiger partial charge in [-0.1, -0.05) is 0 Å². The summed E-state index contributed by atoms with van der Waals surface area (Å²) in [6.07, 6.45) is -11.7. The number of nitrogen functional groups attached to an aromatic ring is 1. The number of anilines is 1. The van der Waals surface area contributed by atoms with Gasteiger partial charge in [-0.2, -0.15) is 22.0 Å². The van der Waals surface area contributed by atoms with Crippen LogP contribution in [0, 0.1) is 0 Å². The standard InChI is InChI=1S/C26H35F3N8O14P2/c1-12(35(2)25(42)31-9-26(27,28)29)13-3-5-36(6-4-13)23-19(40)17(38)14(49-23)7-47-52(43,44)51-53(45,46)48-8-15-18(39)20(41)24(50-15)37-11-34-16-21(30)32-10-33-22(16)37/h3-6,10-12,14-15,17-20,23-24,38-41H,7-9H2,1-2H3,(H4-,30,31,32,33,42,43,44,45,46)/p+1/t12-,14+,15+,17+,18+,19+,20+,23+,24+/m0/s1. The van der Waals surface area contributed by atoms with Crippen molar-refractivity contribution in [1.29, 1.82) is 0 Å². The lowest BCUT2D eigenvalue weighted by molar-refractivity contribution is -0.765. The number of nitrogens with one attached hydrogen (secondary N) is 1. The molecule has 294 valence electrons. The van der Waals surface area contributed by atoms with Crippen molar-refractivity contribution < 1.29 is 84.7 Å². The van der Waals surface area contributed by atoms with Crippen molar-refractivity contribution in [3.63, 3.8) is 0 Å². The maximum atomic E-state index is 12.5. The molecule has 0 radical (unpaired) electrons. The van der Waals surface area contributed by atoms with E-state index in [0.717, 1.165) is 11.2 Å². The summed E-state index contributed by atoms with van der Waals surface area (Å²) in [5, 5.41) is 43.8. The maximum Gasteiger partial charge on any atom is 0.481 e. The van der Waals surface area contributed by atoms with Crippen LogP contribution in [0.15, 0.2) is 37.2 Å². The minimum Gasteiger partial charge on any atom is -0.387 e. The molecule has 0 aliphatic carbocycles. The van der Waals surface area contributed by atoms with Crippen molar-refractivity contribution in [1.82, 2.24) is 29.7 Å². The number of fused-ring (bicyclic) bond motifs is 1. The average Bonchev–Trinajstić information content (AvgIpc) is 3.74. The van der Waals surface area contributed by atoms with E-state index >= 15 is 0 Å². The number of alkyl halides is 3. The molecule has 0 spiro atoms. The second-order valence-electron chi connectivity index (χ2n) is 11.9. The topological polar surface area (TPSA) is 308 Å². The fraction of sp³-hybridized carbons (Fsp3) is 0.577. The molecule has 2 aliphatic rings. The van der Waals surface area contributed by atoms with Gasteiger partial charge in [0.15, 0.2) is 36.2 Å². The molecule has 0 aromatic carbocycles. The predicted molar refractivity (Wildman–Crippen MR) is 166 cm³/mol. The molecule has 0 saturated carbocycles. The summed E-state index contributed by atoms with van der Waals surface area (Å²) in [5.41, 5.74) is 6.55. The number of aliphatic hydroxyl groups excluding tert-OH is 4. The lowest BCUT2D eigenvalue weighted by atomic mass is 10.1. The molecule has 2 amide bonds. The average molecular weight is 804 g/mol. The number of phosphoric acid groups is 2. The molecule has 22 nitrogen and oxygen atoms in total. The molecule has 0 bridgehead atoms. The second-order valence-corrected chi connectivity index (χ2v) is 15.0. The smallest absolute Gasteiger partial charge is 0.387 e. The molecular formula is C26H36F3N8O14P2+. The monoisotopic (exact) mass is 803 g/mol. The Bertz CT molecular complexity index is 1860. The van der Waals surface area contributed by atoms with E-state index in [0.29, 0.717) is 5.56 Å². The highest BCUT2D eigenvalue weighted by atomic mass is 31.3. The maximum absolute atomic E-state index is 12.5. The number of aromatic nitrogens is 5. The molecule has 53 heavy (non-hydrogen) atoms. The molecule has 11 atom stereocenters. The van der Waals surface area contributed by atoms with Crippen LogP contribution < -0.4 is 15.6 Å². The van der Waals surface area contributed by atoms with Crippen LogP contribution in [0.3, 0.4) is 0 Å². The fourth-order valence-corrected chi connectivity index (χ4v) is 7.47. The zero-order chi connectivity index (χ0) is 39.0. The number of carbonyl (C=O) groups is 1. The van der Waals surface area contributed by atoms with Gasteiger partial charge in [0.05, 0.1) is 25.6 Å². The number of nitrogens with zero attached hydrogens (tertiary/aromatic N) is 6. The number of halogens is 3. The van der Waals surface area contributed by atoms with Gasteiger partial charge in [-0.05, 0) is 12.5 Å². The molecule has 3 aromatic heterocycles. The first kappa shape index (κ1) is 40.8. The number of aliphatic hydroxyl groups is 4. The highest BCUT2D eigenvalue weighted by Crippen LogP contribution is 2.60. The number of hydrogen-bond acceptors (Lipinski definition) is 16. The predicted octanol–water partition coefficient (Wildman–Crippen LogP) is -0.850. The Labute approximate surface area is 296 Å². The van der Waals surface area contributed by atoms with E-state index in [1.807, 2.05) is 0 Å². The summed E-state index contributed by atoms with van der Waals surface area (Å²) in [7, 11) is -9.57. The summed E-state index contributed by atoms with van der Waals surface area (Å²) in [4.78, 5) is 45.2. The highest BCUT2D eigenvalue weighted by molar-refractivity contribution is 7.61. The fourth-order valence-electron chi connectivity index (χ4n) is 5.38. The van der Waals surface area contributed by atoms with Gasteiger partial charge in [-0.25, -0.2) is 28.9 Å². The van der Waals surface area contributed by atoms with Crippen LogP contribution in [0.2, 0.25) is 0 Å². The van der Waals surface area contributed by atoms with Crippen molar-refractivity contribution in [2.45, 2.75) is 68.2 Å². The Morgan fingerprint density at radius 3 is 2.21 bits per heavy atom. The van der Waals surface area contributed by atoms with E-state index in [2.05, 4.69) is 19.3 Å². The van der Waals surface area contributed by atoms with Crippen LogP contribution in [0.25, 0.3) is 11.2 Å². The molecule has 3 aromatic rings. The van der Waals surface area contributed by atoms with Gasteiger partial charge in [0.1, 0.15) is 48.9 Å². The number of hydrogen-bond donors (Lipinski definition) is 8. The summed E-state index contributed by atoms with van der Waals surface area (Å²) in [5.74, 6) is 0.0319. The van der Waals surface area contributed by atoms with Crippen molar-refractivity contribution in [3.05, 3.63) is 42.7 Å². The molecule has 2 aliphatic heterocycles. The van der Waals surface area contributed by atoms with E-state index in [-0.39, 0.29) is 17.0 Å². The SMILES string of the molecule is C[C@@H](c1cc[n+]([C@@H]2O[C@H](COP(=O)(O)OP(=O)(O)OC[C@H]3O[C@@H](n4cnc5c(N)ncnc54)[C@H](O)[C@@H]3O)[C@@H](O)[C@H]2O)cc1)N(C)C(=O)NCC(F)(F)F. The van der Waals surface area contributed by atoms with Crippen molar-refractivity contribution in [3.8, 4) is 0 Å². The van der Waals surface area contributed by atoms with Gasteiger partial charge < -0.3 is 55.6 Å². The largest absolute Gasteiger partial charge is 0.481 e. The quantitative estimate of drug-likeness (QED) is 0.0771. The van der Waals surface area contributed by atoms with Gasteiger partial charge in [-0.15, -0.1) is 0 Å². The molecule has 2 saturated heterocycles. The van der Waals surface area contributed by atoms with Gasteiger partial charge in [0.2, 0.25) is 0 Å². The second kappa shape index (κ2) is 15.7. The van der Waals surface area contributed by atoms with Crippen LogP contribution >= 0.6 is 15.6 Å². The summed E-state index contributed by atoms with van der Waals surface area (Å²) in [6.45, 7) is -1.83. The van der Waals surface area contributed by atoms with E-state index in [4.69, 9.17) is 24.3 Å². The first-order valence-electron chi connectivity index (χ1n) is 15.4. The number of ether oxygens (including phenoxy) is 2. The molecule has 2 unspecified atom stereocenters. The highest BCUT2D eigenvalue weighted by Gasteiger charge is 2.50. The number of amides is 2. The number of imidazole rings is 1. The number of carbonyl (C=O) groups excluding carboxylic acids is 1. The summed E-state index contributed by atoms with van der Waals surface area (Å²) >= 11 is 0. The van der Waals surface area contributed by atoms with Crippen LogP contribution in [0.5, 0.6) is 0 Å². The van der Waals surface area contributed by atoms with Gasteiger partial charge >= 0.3 is 27.9 Å². The van der Waals surface area contributed by atoms with Crippen molar-refractivity contribution >= 4 is 38.7 Å². The summed E-state index contributed by atoms with van der Waals surface area (Å²) in [6, 6.07) is 1.28. The van der Waals surface area contributed by atoms with Gasteiger partial charge in [-0.3, -0.25) is 13.6 Å². The third-order valence-electron chi connectivity index (χ3n) is 8.34. The Morgan fingerprint density at radius 2 is 1.60 bits per heavy atom. The first-order chi connectivity index (χ1) is 24.7. The van der Waals surface area contributed by atoms with E-state index in [9.17, 15) is 57.3 Å². The lowest BCUT2D eigenvalue weighted by Crippen LogP contribution is -2.46. The minimum absolute atomic E-state index is 0.0319. The normalized spacial score (nSPS) is 29.1. The zero-order valence-electron chi connectivity index (χ0n) is 27.5. The zero-order valence-corrected chi connectivity index (χ0v) is 29.3. The number of pyridine rings is 1. The molecular weight excluding hydrogens is 767 g/mol. The minimum atomic E-state index is -5.44. The summed E-state index contributed by atoms with van der Waals surface area (Å²) < 4.78 is 89.9. The Morgan fingerprint density at radius 1 is 1.02 bits per heavy atom. The van der Waals surface area contributed by atoms with Crippen LogP contribution in [-0.2, 0) is 32.0 Å². The van der Waals surface area contributed by atoms with E-state index < -0.39 is 103 Å². The van der Waals surface area contributed by atoms with E-state index in [1.54, 1.807) is 12.2 Å². The van der Waals surface area contributed by atoms with Crippen molar-refractivity contribution in [2.24, 2.45) is 0 Å². The van der Waals surface area contributed by atoms with Gasteiger partial charge in [0, 0.05) is 19.2 Å². The molecule has 9 N–H and O–H groups in total. The number of phosphoric ester groups is 2. The van der Waals surface area contributed by atoms with Gasteiger partial charge in [0.25, 0.3) is 6.23 Å². The van der Waals surface area contributed by atoms with Crippen molar-refractivity contribution in [2.75, 3.05) is 32.5 Å². The molecule has 27 heteroatoms. The Balaban J connectivity index is 1.12. The van der Waals surface area contributed by atoms with E-state index in [1.165, 1.54) is 47.0 Å². The molecule has 2 fully saturated rings. The molecule has 5 heterocycles. The number of rotatable bonds is 13. The number of nitrogens with two attached hydrogens (primary N) is 1. The third-order valence-corrected chi connectivity index (χ3v) is 10.9. The third kappa shape index (κ3) is 9.46. The van der Waals surface area contributed by atoms with Crippen LogP contribution in [-0.4, -0.2) is 130 Å². The first-order valence-corrected chi connectivity index (χ1v) is 18.4. The van der Waals surface area contributed by atoms with Crippen LogP contribution in [0.4, 0.5) is 23.8 Å². The molecule has 5 rings (SSSR count). The number of urea groups is 1. The Hall–Kier alpha value is -3.42.